The van der Waals surface area contributed by atoms with E-state index in [1.54, 1.807) is 6.20 Å². The summed E-state index contributed by atoms with van der Waals surface area (Å²) in [4.78, 5) is 19.3. The maximum atomic E-state index is 12.3. The zero-order chi connectivity index (χ0) is 16.4. The molecule has 23 heavy (non-hydrogen) atoms. The van der Waals surface area contributed by atoms with Gasteiger partial charge in [0.15, 0.2) is 5.95 Å². The Morgan fingerprint density at radius 1 is 1.09 bits per heavy atom. The first-order chi connectivity index (χ1) is 11.0. The van der Waals surface area contributed by atoms with E-state index in [0.717, 1.165) is 28.1 Å². The summed E-state index contributed by atoms with van der Waals surface area (Å²) in [7, 11) is 0. The maximum Gasteiger partial charge on any atom is 0.255 e. The molecule has 5 heteroatoms. The minimum absolute atomic E-state index is 0.117. The molecule has 0 radical (unpaired) electrons. The highest BCUT2D eigenvalue weighted by Crippen LogP contribution is 2.20. The second kappa shape index (κ2) is 5.96. The summed E-state index contributed by atoms with van der Waals surface area (Å²) < 4.78 is 0. The third kappa shape index (κ3) is 3.40. The highest BCUT2D eigenvalue weighted by Gasteiger charge is 2.08. The summed E-state index contributed by atoms with van der Waals surface area (Å²) in [6.07, 6.45) is 1.75. The van der Waals surface area contributed by atoms with E-state index < -0.39 is 0 Å². The Hall–Kier alpha value is -3.08. The Morgan fingerprint density at radius 2 is 1.74 bits per heavy atom. The van der Waals surface area contributed by atoms with Crippen LogP contribution in [0.25, 0.3) is 11.3 Å². The Labute approximate surface area is 134 Å². The van der Waals surface area contributed by atoms with Crippen molar-refractivity contribution < 1.29 is 4.79 Å². The molecule has 0 aliphatic heterocycles. The van der Waals surface area contributed by atoms with Gasteiger partial charge in [0.05, 0.1) is 5.69 Å². The van der Waals surface area contributed by atoms with Crippen molar-refractivity contribution >= 4 is 17.5 Å². The van der Waals surface area contributed by atoms with E-state index in [4.69, 9.17) is 5.73 Å². The monoisotopic (exact) mass is 306 g/mol. The van der Waals surface area contributed by atoms with Gasteiger partial charge in [-0.05, 0) is 38.1 Å². The van der Waals surface area contributed by atoms with Crippen LogP contribution in [0.2, 0.25) is 0 Å². The number of amides is 1. The number of rotatable bonds is 3. The fraction of sp³-hybridized carbons (Fsp3) is 0.111. The fourth-order valence-corrected chi connectivity index (χ4v) is 2.52. The van der Waals surface area contributed by atoms with Gasteiger partial charge in [0.2, 0.25) is 0 Å². The average Bonchev–Trinajstić information content (AvgIpc) is 2.93. The summed E-state index contributed by atoms with van der Waals surface area (Å²) in [5.74, 6) is 0.265. The molecule has 5 nitrogen and oxygen atoms in total. The maximum absolute atomic E-state index is 12.3. The van der Waals surface area contributed by atoms with Gasteiger partial charge in [-0.25, -0.2) is 4.98 Å². The molecule has 1 amide bonds. The lowest BCUT2D eigenvalue weighted by atomic mass is 10.1. The van der Waals surface area contributed by atoms with Crippen molar-refractivity contribution in [2.45, 2.75) is 13.8 Å². The second-order valence-electron chi connectivity index (χ2n) is 5.58. The molecule has 0 spiro atoms. The van der Waals surface area contributed by atoms with E-state index in [1.807, 2.05) is 56.3 Å². The minimum Gasteiger partial charge on any atom is -0.369 e. The number of hydrogen-bond donors (Lipinski definition) is 3. The molecule has 1 aromatic heterocycles. The van der Waals surface area contributed by atoms with Gasteiger partial charge in [-0.3, -0.25) is 4.79 Å². The average molecular weight is 306 g/mol. The first-order valence-electron chi connectivity index (χ1n) is 7.32. The number of aromatic amines is 1. The van der Waals surface area contributed by atoms with E-state index in [2.05, 4.69) is 15.3 Å². The van der Waals surface area contributed by atoms with Crippen molar-refractivity contribution in [3.63, 3.8) is 0 Å². The predicted octanol–water partition coefficient (Wildman–Crippen LogP) is 3.53. The molecule has 0 fully saturated rings. The van der Waals surface area contributed by atoms with Crippen LogP contribution in [0.3, 0.4) is 0 Å². The van der Waals surface area contributed by atoms with Crippen LogP contribution in [-0.4, -0.2) is 15.9 Å². The molecule has 0 bridgehead atoms. The Balaban J connectivity index is 1.76. The number of H-pyrrole nitrogens is 1. The van der Waals surface area contributed by atoms with Gasteiger partial charge < -0.3 is 16.0 Å². The number of imidazole rings is 1. The van der Waals surface area contributed by atoms with Crippen LogP contribution < -0.4 is 11.1 Å². The van der Waals surface area contributed by atoms with E-state index in [9.17, 15) is 4.79 Å². The summed E-state index contributed by atoms with van der Waals surface area (Å²) in [5, 5.41) is 2.90. The first-order valence-corrected chi connectivity index (χ1v) is 7.32. The quantitative estimate of drug-likeness (QED) is 0.692. The number of aromatic nitrogens is 2. The van der Waals surface area contributed by atoms with Crippen LogP contribution >= 0.6 is 0 Å². The molecule has 4 N–H and O–H groups in total. The number of nitrogens with one attached hydrogen (secondary N) is 2. The van der Waals surface area contributed by atoms with Gasteiger partial charge in [-0.15, -0.1) is 0 Å². The lowest BCUT2D eigenvalue weighted by molar-refractivity contribution is 0.102. The van der Waals surface area contributed by atoms with Gasteiger partial charge in [0, 0.05) is 23.0 Å². The van der Waals surface area contributed by atoms with Crippen LogP contribution in [0.5, 0.6) is 0 Å². The summed E-state index contributed by atoms with van der Waals surface area (Å²) in [6.45, 7) is 3.96. The van der Waals surface area contributed by atoms with Gasteiger partial charge in [0.1, 0.15) is 0 Å². The standard InChI is InChI=1S/C18H18N4O/c1-11-7-12(2)9-14(8-11)17(23)21-15-5-3-13(4-6-15)16-10-20-18(19)22-16/h3-10H,1-2H3,(H,21,23)(H3,19,20,22). The molecule has 1 heterocycles. The normalized spacial score (nSPS) is 10.5. The zero-order valence-corrected chi connectivity index (χ0v) is 13.1. The Bertz CT molecular complexity index is 829. The van der Waals surface area contributed by atoms with E-state index >= 15 is 0 Å². The van der Waals surface area contributed by atoms with Crippen LogP contribution in [-0.2, 0) is 0 Å². The van der Waals surface area contributed by atoms with Crippen LogP contribution in [0.4, 0.5) is 11.6 Å². The Morgan fingerprint density at radius 3 is 2.30 bits per heavy atom. The third-order valence-electron chi connectivity index (χ3n) is 3.52. The van der Waals surface area contributed by atoms with E-state index in [-0.39, 0.29) is 5.91 Å². The molecule has 2 aromatic carbocycles. The summed E-state index contributed by atoms with van der Waals surface area (Å²) in [6, 6.07) is 13.3. The Kier molecular flexibility index (Phi) is 3.85. The number of anilines is 2. The number of nitrogens with zero attached hydrogens (tertiary/aromatic N) is 1. The summed E-state index contributed by atoms with van der Waals surface area (Å²) >= 11 is 0. The molecule has 3 aromatic rings. The van der Waals surface area contributed by atoms with Crippen LogP contribution in [0, 0.1) is 13.8 Å². The lowest BCUT2D eigenvalue weighted by Crippen LogP contribution is -2.12. The predicted molar refractivity (Wildman–Crippen MR) is 92.3 cm³/mol. The molecule has 0 unspecified atom stereocenters. The molecule has 0 saturated carbocycles. The number of carbonyl (C=O) groups is 1. The van der Waals surface area contributed by atoms with Gasteiger partial charge >= 0.3 is 0 Å². The van der Waals surface area contributed by atoms with Crippen LogP contribution in [0.1, 0.15) is 21.5 Å². The van der Waals surface area contributed by atoms with Crippen LogP contribution in [0.15, 0.2) is 48.7 Å². The number of nitrogens with two attached hydrogens (primary N) is 1. The molecule has 0 aliphatic rings. The number of nitrogen functional groups attached to an aromatic ring is 1. The molecular weight excluding hydrogens is 288 g/mol. The smallest absolute Gasteiger partial charge is 0.255 e. The number of aryl methyl sites for hydroxylation is 2. The SMILES string of the molecule is Cc1cc(C)cc(C(=O)Nc2ccc(-c3c[nH]c(N)n3)cc2)c1. The van der Waals surface area contributed by atoms with Crippen molar-refractivity contribution in [1.82, 2.24) is 9.97 Å². The zero-order valence-electron chi connectivity index (χ0n) is 13.1. The van der Waals surface area contributed by atoms with Gasteiger partial charge in [-0.2, -0.15) is 0 Å². The fourth-order valence-electron chi connectivity index (χ4n) is 2.52. The van der Waals surface area contributed by atoms with Crippen molar-refractivity contribution in [3.05, 3.63) is 65.4 Å². The largest absolute Gasteiger partial charge is 0.369 e. The molecular formula is C18H18N4O. The number of carbonyl (C=O) groups excluding carboxylic acids is 1. The van der Waals surface area contributed by atoms with Gasteiger partial charge in [-0.1, -0.05) is 29.3 Å². The number of hydrogen-bond acceptors (Lipinski definition) is 3. The first kappa shape index (κ1) is 14.8. The molecule has 3 rings (SSSR count). The van der Waals surface area contributed by atoms with Gasteiger partial charge in [0.25, 0.3) is 5.91 Å². The topological polar surface area (TPSA) is 83.8 Å². The van der Waals surface area contributed by atoms with E-state index in [0.29, 0.717) is 11.5 Å². The van der Waals surface area contributed by atoms with Crippen molar-refractivity contribution in [3.8, 4) is 11.3 Å². The van der Waals surface area contributed by atoms with Crippen molar-refractivity contribution in [1.29, 1.82) is 0 Å². The molecule has 116 valence electrons. The van der Waals surface area contributed by atoms with Crippen molar-refractivity contribution in [2.75, 3.05) is 11.1 Å². The number of benzene rings is 2. The van der Waals surface area contributed by atoms with E-state index in [1.165, 1.54) is 0 Å². The lowest BCUT2D eigenvalue weighted by Gasteiger charge is -2.08. The molecule has 0 atom stereocenters. The highest BCUT2D eigenvalue weighted by molar-refractivity contribution is 6.04. The summed E-state index contributed by atoms with van der Waals surface area (Å²) in [5.41, 5.74) is 10.8. The minimum atomic E-state index is -0.117. The highest BCUT2D eigenvalue weighted by atomic mass is 16.1. The third-order valence-corrected chi connectivity index (χ3v) is 3.52. The molecule has 0 saturated heterocycles. The second-order valence-corrected chi connectivity index (χ2v) is 5.58. The molecule has 0 aliphatic carbocycles. The van der Waals surface area contributed by atoms with Crippen molar-refractivity contribution in [2.24, 2.45) is 0 Å².